The van der Waals surface area contributed by atoms with E-state index in [0.717, 1.165) is 16.5 Å². The van der Waals surface area contributed by atoms with Crippen molar-refractivity contribution in [3.8, 4) is 0 Å². The van der Waals surface area contributed by atoms with Crippen molar-refractivity contribution in [2.45, 2.75) is 12.3 Å². The highest BCUT2D eigenvalue weighted by atomic mass is 19.1. The van der Waals surface area contributed by atoms with Crippen LogP contribution in [-0.4, -0.2) is 16.1 Å². The van der Waals surface area contributed by atoms with Gasteiger partial charge in [-0.3, -0.25) is 4.79 Å². The van der Waals surface area contributed by atoms with E-state index >= 15 is 0 Å². The Morgan fingerprint density at radius 3 is 2.62 bits per heavy atom. The number of carbonyl (C=O) groups is 1. The molecule has 0 bridgehead atoms. The van der Waals surface area contributed by atoms with Gasteiger partial charge in [-0.05, 0) is 24.1 Å². The Morgan fingerprint density at radius 1 is 1.14 bits per heavy atom. The summed E-state index contributed by atoms with van der Waals surface area (Å²) in [4.78, 5) is 14.6. The van der Waals surface area contributed by atoms with E-state index < -0.39 is 17.7 Å². The predicted octanol–water partition coefficient (Wildman–Crippen LogP) is 3.72. The lowest BCUT2D eigenvalue weighted by molar-refractivity contribution is -0.138. The third-order valence-electron chi connectivity index (χ3n) is 3.68. The van der Waals surface area contributed by atoms with Crippen molar-refractivity contribution in [1.82, 2.24) is 4.98 Å². The van der Waals surface area contributed by atoms with E-state index in [4.69, 9.17) is 0 Å². The number of carboxylic acids is 1. The second-order valence-electron chi connectivity index (χ2n) is 4.98. The number of hydrogen-bond donors (Lipinski definition) is 2. The van der Waals surface area contributed by atoms with Gasteiger partial charge in [-0.2, -0.15) is 0 Å². The van der Waals surface area contributed by atoms with Crippen LogP contribution in [-0.2, 0) is 11.2 Å². The van der Waals surface area contributed by atoms with Crippen molar-refractivity contribution in [2.75, 3.05) is 0 Å². The molecular weight excluding hydrogens is 269 g/mol. The summed E-state index contributed by atoms with van der Waals surface area (Å²) < 4.78 is 13.9. The number of halogens is 1. The van der Waals surface area contributed by atoms with Crippen molar-refractivity contribution in [1.29, 1.82) is 0 Å². The largest absolute Gasteiger partial charge is 0.481 e. The quantitative estimate of drug-likeness (QED) is 0.766. The van der Waals surface area contributed by atoms with Crippen LogP contribution in [0.3, 0.4) is 0 Å². The molecule has 3 nitrogen and oxygen atoms in total. The van der Waals surface area contributed by atoms with Crippen molar-refractivity contribution in [3.63, 3.8) is 0 Å². The summed E-state index contributed by atoms with van der Waals surface area (Å²) in [5.74, 6) is -2.40. The van der Waals surface area contributed by atoms with E-state index in [2.05, 4.69) is 4.98 Å². The molecule has 0 aliphatic heterocycles. The van der Waals surface area contributed by atoms with Crippen LogP contribution in [0.5, 0.6) is 0 Å². The number of H-pyrrole nitrogens is 1. The molecule has 0 saturated heterocycles. The summed E-state index contributed by atoms with van der Waals surface area (Å²) in [6.07, 6.45) is 2.04. The highest BCUT2D eigenvalue weighted by Crippen LogP contribution is 2.27. The fourth-order valence-electron chi connectivity index (χ4n) is 2.61. The van der Waals surface area contributed by atoms with Crippen LogP contribution < -0.4 is 0 Å². The maximum absolute atomic E-state index is 13.9. The number of nitrogens with one attached hydrogen (secondary N) is 1. The van der Waals surface area contributed by atoms with Gasteiger partial charge < -0.3 is 10.1 Å². The number of para-hydroxylation sites is 1. The number of rotatable bonds is 4. The van der Waals surface area contributed by atoms with Gasteiger partial charge in [0.05, 0.1) is 5.92 Å². The topological polar surface area (TPSA) is 53.1 Å². The summed E-state index contributed by atoms with van der Waals surface area (Å²) in [5.41, 5.74) is 2.04. The Kier molecular flexibility index (Phi) is 3.44. The average molecular weight is 283 g/mol. The predicted molar refractivity (Wildman–Crippen MR) is 78.8 cm³/mol. The molecule has 0 radical (unpaired) electrons. The SMILES string of the molecule is O=C(O)[C@H](Cc1c[nH]c2ccccc12)c1ccccc1F. The lowest BCUT2D eigenvalue weighted by Crippen LogP contribution is -2.15. The number of benzene rings is 2. The van der Waals surface area contributed by atoms with Crippen molar-refractivity contribution < 1.29 is 14.3 Å². The summed E-state index contributed by atoms with van der Waals surface area (Å²) in [6.45, 7) is 0. The zero-order valence-corrected chi connectivity index (χ0v) is 11.2. The molecule has 2 N–H and O–H groups in total. The van der Waals surface area contributed by atoms with E-state index in [1.54, 1.807) is 18.3 Å². The van der Waals surface area contributed by atoms with E-state index in [0.29, 0.717) is 0 Å². The van der Waals surface area contributed by atoms with Crippen LogP contribution in [0.4, 0.5) is 4.39 Å². The first-order valence-electron chi connectivity index (χ1n) is 6.69. The zero-order valence-electron chi connectivity index (χ0n) is 11.2. The lowest BCUT2D eigenvalue weighted by Gasteiger charge is -2.13. The molecule has 106 valence electrons. The van der Waals surface area contributed by atoms with Crippen LogP contribution in [0, 0.1) is 5.82 Å². The normalized spacial score (nSPS) is 12.4. The van der Waals surface area contributed by atoms with Crippen molar-refractivity contribution in [2.24, 2.45) is 0 Å². The first-order valence-corrected chi connectivity index (χ1v) is 6.69. The standard InChI is InChI=1S/C17H14FNO2/c18-15-7-3-1-6-13(15)14(17(20)21)9-11-10-19-16-8-4-2-5-12(11)16/h1-8,10,14,19H,9H2,(H,20,21)/t14-/m1/s1. The van der Waals surface area contributed by atoms with Crippen LogP contribution in [0.15, 0.2) is 54.7 Å². The molecule has 0 fully saturated rings. The first-order chi connectivity index (χ1) is 10.2. The molecule has 21 heavy (non-hydrogen) atoms. The summed E-state index contributed by atoms with van der Waals surface area (Å²) in [6, 6.07) is 13.7. The molecule has 1 aromatic heterocycles. The highest BCUT2D eigenvalue weighted by Gasteiger charge is 2.24. The Bertz CT molecular complexity index is 794. The number of aliphatic carboxylic acids is 1. The average Bonchev–Trinajstić information content (AvgIpc) is 2.89. The third kappa shape index (κ3) is 2.52. The third-order valence-corrected chi connectivity index (χ3v) is 3.68. The van der Waals surface area contributed by atoms with E-state index in [-0.39, 0.29) is 12.0 Å². The first kappa shape index (κ1) is 13.4. The molecule has 4 heteroatoms. The van der Waals surface area contributed by atoms with Crippen LogP contribution in [0.2, 0.25) is 0 Å². The van der Waals surface area contributed by atoms with E-state index in [1.807, 2.05) is 24.3 Å². The summed E-state index contributed by atoms with van der Waals surface area (Å²) in [7, 11) is 0. The molecule has 0 spiro atoms. The smallest absolute Gasteiger partial charge is 0.311 e. The minimum atomic E-state index is -1.02. The van der Waals surface area contributed by atoms with Gasteiger partial charge in [0.1, 0.15) is 5.82 Å². The summed E-state index contributed by atoms with van der Waals surface area (Å²) in [5, 5.41) is 10.4. The second kappa shape index (κ2) is 5.40. The number of carboxylic acid groups (broad SMARTS) is 1. The van der Waals surface area contributed by atoms with Gasteiger partial charge in [0.25, 0.3) is 0 Å². The molecule has 0 aliphatic carbocycles. The zero-order chi connectivity index (χ0) is 14.8. The number of fused-ring (bicyclic) bond motifs is 1. The molecule has 3 aromatic rings. The van der Waals surface area contributed by atoms with Gasteiger partial charge in [0.2, 0.25) is 0 Å². The Morgan fingerprint density at radius 2 is 1.86 bits per heavy atom. The lowest BCUT2D eigenvalue weighted by atomic mass is 9.91. The summed E-state index contributed by atoms with van der Waals surface area (Å²) >= 11 is 0. The Labute approximate surface area is 121 Å². The van der Waals surface area contributed by atoms with Crippen LogP contribution >= 0.6 is 0 Å². The molecule has 0 aliphatic rings. The molecule has 0 unspecified atom stereocenters. The highest BCUT2D eigenvalue weighted by molar-refractivity contribution is 5.84. The van der Waals surface area contributed by atoms with Crippen LogP contribution in [0.25, 0.3) is 10.9 Å². The molecule has 1 atom stereocenters. The maximum atomic E-state index is 13.9. The van der Waals surface area contributed by atoms with E-state index in [9.17, 15) is 14.3 Å². The molecule has 0 amide bonds. The van der Waals surface area contributed by atoms with Gasteiger partial charge in [-0.25, -0.2) is 4.39 Å². The Balaban J connectivity index is 2.00. The fraction of sp³-hybridized carbons (Fsp3) is 0.118. The molecule has 3 rings (SSSR count). The monoisotopic (exact) mass is 283 g/mol. The fourth-order valence-corrected chi connectivity index (χ4v) is 2.61. The van der Waals surface area contributed by atoms with Crippen molar-refractivity contribution >= 4 is 16.9 Å². The maximum Gasteiger partial charge on any atom is 0.311 e. The van der Waals surface area contributed by atoms with Gasteiger partial charge in [-0.1, -0.05) is 36.4 Å². The minimum absolute atomic E-state index is 0.218. The van der Waals surface area contributed by atoms with Crippen LogP contribution in [0.1, 0.15) is 17.0 Å². The van der Waals surface area contributed by atoms with Gasteiger partial charge in [0.15, 0.2) is 0 Å². The molecule has 2 aromatic carbocycles. The van der Waals surface area contributed by atoms with E-state index in [1.165, 1.54) is 12.1 Å². The molecule has 1 heterocycles. The van der Waals surface area contributed by atoms with Gasteiger partial charge >= 0.3 is 5.97 Å². The number of hydrogen-bond acceptors (Lipinski definition) is 1. The number of aromatic nitrogens is 1. The Hall–Kier alpha value is -2.62. The molecular formula is C17H14FNO2. The molecule has 0 saturated carbocycles. The minimum Gasteiger partial charge on any atom is -0.481 e. The van der Waals surface area contributed by atoms with Crippen molar-refractivity contribution in [3.05, 3.63) is 71.7 Å². The van der Waals surface area contributed by atoms with Gasteiger partial charge in [0, 0.05) is 22.7 Å². The second-order valence-corrected chi connectivity index (χ2v) is 4.98. The van der Waals surface area contributed by atoms with Gasteiger partial charge in [-0.15, -0.1) is 0 Å². The number of aromatic amines is 1.